The van der Waals surface area contributed by atoms with E-state index in [2.05, 4.69) is 14.5 Å². The van der Waals surface area contributed by atoms with Gasteiger partial charge in [-0.2, -0.15) is 5.10 Å². The van der Waals surface area contributed by atoms with Gasteiger partial charge in [-0.3, -0.25) is 9.67 Å². The van der Waals surface area contributed by atoms with Crippen molar-refractivity contribution in [3.63, 3.8) is 0 Å². The highest BCUT2D eigenvalue weighted by atomic mass is 32.2. The quantitative estimate of drug-likeness (QED) is 0.636. The zero-order valence-electron chi connectivity index (χ0n) is 11.6. The van der Waals surface area contributed by atoms with Gasteiger partial charge in [0.1, 0.15) is 22.3 Å². The van der Waals surface area contributed by atoms with Crippen LogP contribution in [0.5, 0.6) is 0 Å². The van der Waals surface area contributed by atoms with Gasteiger partial charge in [0, 0.05) is 18.6 Å². The molecule has 0 aliphatic carbocycles. The molecule has 5 nitrogen and oxygen atoms in total. The monoisotopic (exact) mass is 278 g/mol. The Morgan fingerprint density at radius 2 is 2.21 bits per heavy atom. The van der Waals surface area contributed by atoms with Crippen LogP contribution in [0.3, 0.4) is 0 Å². The highest BCUT2D eigenvalue weighted by molar-refractivity contribution is 7.91. The largest absolute Gasteiger partial charge is 0.591 e. The number of hydrogen-bond acceptors (Lipinski definition) is 4. The van der Waals surface area contributed by atoms with Crippen molar-refractivity contribution < 1.29 is 4.55 Å². The molecule has 2 aromatic heterocycles. The molecule has 0 aliphatic heterocycles. The molecule has 0 saturated heterocycles. The van der Waals surface area contributed by atoms with Gasteiger partial charge in [0.25, 0.3) is 0 Å². The van der Waals surface area contributed by atoms with Crippen molar-refractivity contribution in [1.82, 2.24) is 14.8 Å². The fourth-order valence-corrected chi connectivity index (χ4v) is 2.24. The second-order valence-electron chi connectivity index (χ2n) is 5.03. The summed E-state index contributed by atoms with van der Waals surface area (Å²) in [6.07, 6.45) is 5.89. The molecule has 102 valence electrons. The van der Waals surface area contributed by atoms with Gasteiger partial charge in [-0.05, 0) is 26.3 Å². The van der Waals surface area contributed by atoms with E-state index in [4.69, 9.17) is 0 Å². The second-order valence-corrected chi connectivity index (χ2v) is 6.85. The first-order valence-corrected chi connectivity index (χ1v) is 7.28. The summed E-state index contributed by atoms with van der Waals surface area (Å²) in [6.45, 7) is 5.89. The van der Waals surface area contributed by atoms with Crippen molar-refractivity contribution in [2.24, 2.45) is 11.4 Å². The third-order valence-corrected chi connectivity index (χ3v) is 4.79. The number of rotatable bonds is 4. The highest BCUT2D eigenvalue weighted by Gasteiger charge is 2.30. The lowest BCUT2D eigenvalue weighted by atomic mass is 10.1. The standard InChI is InChI=1S/C13H18N4OS/c1-5-13(2,3)19(18)16-9-11-6-12-10(7-14-11)8-15-17(12)4/h6-9H,5H2,1-4H3. The summed E-state index contributed by atoms with van der Waals surface area (Å²) in [7, 11) is 1.88. The maximum Gasteiger partial charge on any atom is 0.147 e. The number of aryl methyl sites for hydroxylation is 1. The number of nitrogens with zero attached hydrogens (tertiary/aromatic N) is 4. The lowest BCUT2D eigenvalue weighted by Crippen LogP contribution is -2.29. The molecule has 2 heterocycles. The molecule has 0 bridgehead atoms. The van der Waals surface area contributed by atoms with Gasteiger partial charge < -0.3 is 4.55 Å². The van der Waals surface area contributed by atoms with Gasteiger partial charge in [0.2, 0.25) is 0 Å². The van der Waals surface area contributed by atoms with Crippen LogP contribution in [0, 0.1) is 0 Å². The predicted molar refractivity (Wildman–Crippen MR) is 78.6 cm³/mol. The van der Waals surface area contributed by atoms with Crippen molar-refractivity contribution in [2.45, 2.75) is 31.9 Å². The van der Waals surface area contributed by atoms with Gasteiger partial charge in [0.05, 0.1) is 17.4 Å². The lowest BCUT2D eigenvalue weighted by molar-refractivity contribution is 0.540. The second kappa shape index (κ2) is 5.30. The molecule has 0 aliphatic rings. The van der Waals surface area contributed by atoms with Gasteiger partial charge in [0.15, 0.2) is 0 Å². The van der Waals surface area contributed by atoms with Crippen LogP contribution >= 0.6 is 0 Å². The number of fused-ring (bicyclic) bond motifs is 1. The summed E-state index contributed by atoms with van der Waals surface area (Å²) in [5.74, 6) is 0. The van der Waals surface area contributed by atoms with E-state index in [1.807, 2.05) is 33.9 Å². The molecule has 0 N–H and O–H groups in total. The molecule has 0 amide bonds. The molecule has 2 rings (SSSR count). The average molecular weight is 278 g/mol. The van der Waals surface area contributed by atoms with E-state index in [1.165, 1.54) is 0 Å². The molecule has 1 atom stereocenters. The molecule has 1 unspecified atom stereocenters. The van der Waals surface area contributed by atoms with Crippen LogP contribution in [0.25, 0.3) is 10.9 Å². The predicted octanol–water partition coefficient (Wildman–Crippen LogP) is 2.24. The summed E-state index contributed by atoms with van der Waals surface area (Å²) in [4.78, 5) is 4.26. The first-order chi connectivity index (χ1) is 8.94. The van der Waals surface area contributed by atoms with Crippen molar-refractivity contribution in [2.75, 3.05) is 0 Å². The Labute approximate surface area is 116 Å². The van der Waals surface area contributed by atoms with Gasteiger partial charge in [-0.1, -0.05) is 11.3 Å². The van der Waals surface area contributed by atoms with Crippen LogP contribution in [-0.2, 0) is 18.4 Å². The van der Waals surface area contributed by atoms with Crippen LogP contribution in [0.1, 0.15) is 32.9 Å². The first-order valence-electron chi connectivity index (χ1n) is 6.18. The normalized spacial score (nSPS) is 14.4. The van der Waals surface area contributed by atoms with Crippen molar-refractivity contribution in [1.29, 1.82) is 0 Å². The molecule has 2 aromatic rings. The van der Waals surface area contributed by atoms with E-state index >= 15 is 0 Å². The molecule has 6 heteroatoms. The zero-order chi connectivity index (χ0) is 14.0. The van der Waals surface area contributed by atoms with Gasteiger partial charge in [-0.15, -0.1) is 0 Å². The van der Waals surface area contributed by atoms with E-state index in [0.29, 0.717) is 5.69 Å². The smallest absolute Gasteiger partial charge is 0.147 e. The van der Waals surface area contributed by atoms with E-state index in [-0.39, 0.29) is 4.75 Å². The average Bonchev–Trinajstić information content (AvgIpc) is 2.77. The summed E-state index contributed by atoms with van der Waals surface area (Å²) in [6, 6.07) is 1.89. The number of aromatic nitrogens is 3. The third kappa shape index (κ3) is 2.96. The van der Waals surface area contributed by atoms with Crippen molar-refractivity contribution >= 4 is 28.5 Å². The summed E-state index contributed by atoms with van der Waals surface area (Å²) in [5.41, 5.74) is 1.67. The maximum atomic E-state index is 12.0. The summed E-state index contributed by atoms with van der Waals surface area (Å²) >= 11 is -1.25. The van der Waals surface area contributed by atoms with Crippen LogP contribution < -0.4 is 0 Å². The van der Waals surface area contributed by atoms with E-state index in [0.717, 1.165) is 17.3 Å². The van der Waals surface area contributed by atoms with E-state index < -0.39 is 11.4 Å². The minimum atomic E-state index is -1.25. The Hall–Kier alpha value is -1.40. The third-order valence-electron chi connectivity index (χ3n) is 3.26. The number of pyridine rings is 1. The Balaban J connectivity index is 2.23. The fraction of sp³-hybridized carbons (Fsp3) is 0.462. The highest BCUT2D eigenvalue weighted by Crippen LogP contribution is 2.22. The molecule has 0 radical (unpaired) electrons. The molecule has 0 aromatic carbocycles. The first kappa shape index (κ1) is 14.0. The van der Waals surface area contributed by atoms with Crippen LogP contribution in [0.2, 0.25) is 0 Å². The van der Waals surface area contributed by atoms with Crippen LogP contribution in [-0.4, -0.2) is 30.3 Å². The lowest BCUT2D eigenvalue weighted by Gasteiger charge is -2.21. The molecule has 0 saturated carbocycles. The minimum absolute atomic E-state index is 0.312. The fourth-order valence-electron chi connectivity index (χ4n) is 1.50. The van der Waals surface area contributed by atoms with Gasteiger partial charge in [-0.25, -0.2) is 0 Å². The van der Waals surface area contributed by atoms with Crippen LogP contribution in [0.4, 0.5) is 0 Å². The zero-order valence-corrected chi connectivity index (χ0v) is 12.4. The molecule has 0 spiro atoms. The Morgan fingerprint density at radius 3 is 2.89 bits per heavy atom. The maximum absolute atomic E-state index is 12.0. The van der Waals surface area contributed by atoms with Crippen molar-refractivity contribution in [3.8, 4) is 0 Å². The molecule has 19 heavy (non-hydrogen) atoms. The summed E-state index contributed by atoms with van der Waals surface area (Å²) in [5, 5.41) is 5.14. The molecule has 0 fully saturated rings. The minimum Gasteiger partial charge on any atom is -0.591 e. The SMILES string of the molecule is CCC(C)(C)[S+]([O-])N=Cc1cc2c(cn1)cnn2C. The van der Waals surface area contributed by atoms with Gasteiger partial charge >= 0.3 is 0 Å². The summed E-state index contributed by atoms with van der Waals surface area (Å²) < 4.78 is 17.6. The topological polar surface area (TPSA) is 66.1 Å². The Bertz CT molecular complexity index is 606. The molecular weight excluding hydrogens is 260 g/mol. The Morgan fingerprint density at radius 1 is 1.47 bits per heavy atom. The molecular formula is C13H18N4OS. The number of hydrogen-bond donors (Lipinski definition) is 0. The van der Waals surface area contributed by atoms with Crippen molar-refractivity contribution in [3.05, 3.63) is 24.2 Å². The van der Waals surface area contributed by atoms with E-state index in [1.54, 1.807) is 23.3 Å². The van der Waals surface area contributed by atoms with Crippen LogP contribution in [0.15, 0.2) is 22.9 Å². The Kier molecular flexibility index (Phi) is 3.91. The van der Waals surface area contributed by atoms with E-state index in [9.17, 15) is 4.55 Å².